The van der Waals surface area contributed by atoms with E-state index >= 15 is 0 Å². The van der Waals surface area contributed by atoms with Crippen molar-refractivity contribution in [2.24, 2.45) is 11.3 Å². The lowest BCUT2D eigenvalue weighted by molar-refractivity contribution is -0.156. The number of hydrogen-bond acceptors (Lipinski definition) is 8. The molecule has 0 fully saturated rings. The standard InChI is InChI=1S/C26H34ClNO6S/c1-14-24(31)15(2)33-11-10-18(27)7-8-20(17-6-9-21-19(12-17)28-16(3)35-21)34-23(30)13-22(29)26(4,5)25(14)32/h6-7,9,12,14-15,20,22,24,29,31H,8,10-11,13H2,1-5H3/b18-7+/t14-,15+,20-,22-,24-/m0/s1. The molecule has 0 saturated heterocycles. The van der Waals surface area contributed by atoms with Crippen LogP contribution in [-0.4, -0.2) is 51.9 Å². The van der Waals surface area contributed by atoms with Gasteiger partial charge in [-0.25, -0.2) is 4.98 Å². The van der Waals surface area contributed by atoms with E-state index in [-0.39, 0.29) is 18.8 Å². The fraction of sp³-hybridized carbons (Fsp3) is 0.577. The Morgan fingerprint density at radius 3 is 2.63 bits per heavy atom. The maximum Gasteiger partial charge on any atom is 0.309 e. The molecule has 5 atom stereocenters. The summed E-state index contributed by atoms with van der Waals surface area (Å²) in [6.45, 7) is 8.64. The average Bonchev–Trinajstić information content (AvgIpc) is 3.18. The lowest BCUT2D eigenvalue weighted by atomic mass is 9.74. The third-order valence-electron chi connectivity index (χ3n) is 6.67. The summed E-state index contributed by atoms with van der Waals surface area (Å²) in [6.07, 6.45) is -1.43. The maximum absolute atomic E-state index is 13.1. The van der Waals surface area contributed by atoms with Gasteiger partial charge in [0.15, 0.2) is 0 Å². The van der Waals surface area contributed by atoms with Gasteiger partial charge in [0.05, 0.1) is 52.0 Å². The molecule has 2 aromatic rings. The number of aryl methyl sites for hydroxylation is 1. The van der Waals surface area contributed by atoms with E-state index in [1.165, 1.54) is 0 Å². The van der Waals surface area contributed by atoms with Crippen LogP contribution >= 0.6 is 22.9 Å². The van der Waals surface area contributed by atoms with Crippen LogP contribution < -0.4 is 0 Å². The number of fused-ring (bicyclic) bond motifs is 1. The number of Topliss-reactive ketones (excluding diaryl/α,β-unsaturated/α-hetero) is 1. The van der Waals surface area contributed by atoms with Gasteiger partial charge in [-0.1, -0.05) is 44.5 Å². The van der Waals surface area contributed by atoms with Gasteiger partial charge in [-0.15, -0.1) is 11.3 Å². The van der Waals surface area contributed by atoms with E-state index < -0.39 is 41.7 Å². The lowest BCUT2D eigenvalue weighted by Crippen LogP contribution is -2.47. The van der Waals surface area contributed by atoms with E-state index in [4.69, 9.17) is 21.1 Å². The Morgan fingerprint density at radius 2 is 1.91 bits per heavy atom. The van der Waals surface area contributed by atoms with Gasteiger partial charge in [-0.05, 0) is 31.5 Å². The number of esters is 1. The van der Waals surface area contributed by atoms with Crippen molar-refractivity contribution in [3.05, 3.63) is 39.9 Å². The second-order valence-electron chi connectivity index (χ2n) is 9.74. The SMILES string of the molecule is Cc1nc2cc([C@@H]3C/C=C(/Cl)CCO[C@H](C)[C@@H](O)[C@H](C)C(=O)C(C)(C)[C@@H](O)CC(=O)O3)ccc2s1. The first kappa shape index (κ1) is 27.7. The lowest BCUT2D eigenvalue weighted by Gasteiger charge is -2.34. The van der Waals surface area contributed by atoms with Crippen LogP contribution in [0.5, 0.6) is 0 Å². The number of ether oxygens (including phenoxy) is 2. The summed E-state index contributed by atoms with van der Waals surface area (Å²) < 4.78 is 12.6. The zero-order chi connectivity index (χ0) is 25.9. The minimum absolute atomic E-state index is 0.259. The number of hydrogen-bond donors (Lipinski definition) is 2. The molecule has 1 aliphatic rings. The van der Waals surface area contributed by atoms with Crippen molar-refractivity contribution in [3.63, 3.8) is 0 Å². The Balaban J connectivity index is 1.91. The summed E-state index contributed by atoms with van der Waals surface area (Å²) in [6, 6.07) is 5.75. The monoisotopic (exact) mass is 523 g/mol. The van der Waals surface area contributed by atoms with Gasteiger partial charge in [-0.2, -0.15) is 0 Å². The van der Waals surface area contributed by atoms with E-state index in [1.807, 2.05) is 25.1 Å². The van der Waals surface area contributed by atoms with Gasteiger partial charge < -0.3 is 19.7 Å². The molecule has 1 aromatic carbocycles. The molecule has 1 aromatic heterocycles. The van der Waals surface area contributed by atoms with Crippen molar-refractivity contribution in [1.29, 1.82) is 0 Å². The molecular weight excluding hydrogens is 490 g/mol. The van der Waals surface area contributed by atoms with Crippen LogP contribution in [0.15, 0.2) is 29.3 Å². The molecule has 0 spiro atoms. The summed E-state index contributed by atoms with van der Waals surface area (Å²) in [5, 5.41) is 22.9. The number of aliphatic hydroxyl groups is 2. The van der Waals surface area contributed by atoms with Crippen LogP contribution in [0.3, 0.4) is 0 Å². The number of cyclic esters (lactones) is 1. The van der Waals surface area contributed by atoms with E-state index in [2.05, 4.69) is 4.98 Å². The molecule has 7 nitrogen and oxygen atoms in total. The number of carbonyl (C=O) groups excluding carboxylic acids is 2. The van der Waals surface area contributed by atoms with Crippen LogP contribution in [-0.2, 0) is 19.1 Å². The molecule has 1 aliphatic heterocycles. The molecule has 0 bridgehead atoms. The van der Waals surface area contributed by atoms with Crippen molar-refractivity contribution in [2.75, 3.05) is 6.61 Å². The Hall–Kier alpha value is -1.84. The van der Waals surface area contributed by atoms with Gasteiger partial charge in [0, 0.05) is 23.8 Å². The number of rotatable bonds is 1. The molecular formula is C26H34ClNO6S. The number of nitrogens with zero attached hydrogens (tertiary/aromatic N) is 1. The topological polar surface area (TPSA) is 106 Å². The van der Waals surface area contributed by atoms with Gasteiger partial charge in [0.25, 0.3) is 0 Å². The molecule has 0 radical (unpaired) electrons. The molecule has 0 aliphatic carbocycles. The number of benzene rings is 1. The Bertz CT molecular complexity index is 1100. The third-order valence-corrected chi connectivity index (χ3v) is 7.97. The quantitative estimate of drug-likeness (QED) is 0.514. The van der Waals surface area contributed by atoms with E-state index in [0.29, 0.717) is 17.9 Å². The average molecular weight is 524 g/mol. The minimum atomic E-state index is -1.29. The first-order valence-corrected chi connectivity index (χ1v) is 13.0. The zero-order valence-electron chi connectivity index (χ0n) is 20.8. The first-order valence-electron chi connectivity index (χ1n) is 11.8. The van der Waals surface area contributed by atoms with Crippen LogP contribution in [0, 0.1) is 18.3 Å². The first-order chi connectivity index (χ1) is 16.4. The summed E-state index contributed by atoms with van der Waals surface area (Å²) in [4.78, 5) is 30.5. The molecule has 0 amide bonds. The molecule has 2 heterocycles. The van der Waals surface area contributed by atoms with Crippen molar-refractivity contribution in [3.8, 4) is 0 Å². The highest BCUT2D eigenvalue weighted by atomic mass is 35.5. The molecule has 3 rings (SSSR count). The summed E-state index contributed by atoms with van der Waals surface area (Å²) in [5.74, 6) is -1.78. The van der Waals surface area contributed by atoms with Crippen LogP contribution in [0.4, 0.5) is 0 Å². The smallest absolute Gasteiger partial charge is 0.309 e. The second-order valence-corrected chi connectivity index (χ2v) is 11.5. The fourth-order valence-corrected chi connectivity index (χ4v) is 5.20. The number of thiazole rings is 1. The second kappa shape index (κ2) is 11.5. The number of ketones is 1. The maximum atomic E-state index is 13.1. The largest absolute Gasteiger partial charge is 0.457 e. The molecule has 0 saturated carbocycles. The number of aliphatic hydroxyl groups excluding tert-OH is 2. The molecule has 9 heteroatoms. The van der Waals surface area contributed by atoms with E-state index in [1.54, 1.807) is 45.1 Å². The highest BCUT2D eigenvalue weighted by Crippen LogP contribution is 2.33. The highest BCUT2D eigenvalue weighted by Gasteiger charge is 2.42. The highest BCUT2D eigenvalue weighted by molar-refractivity contribution is 7.18. The molecule has 35 heavy (non-hydrogen) atoms. The zero-order valence-corrected chi connectivity index (χ0v) is 22.4. The number of aromatic nitrogens is 1. The molecule has 0 unspecified atom stereocenters. The third kappa shape index (κ3) is 6.68. The van der Waals surface area contributed by atoms with Crippen LogP contribution in [0.2, 0.25) is 0 Å². The van der Waals surface area contributed by atoms with Crippen LogP contribution in [0.1, 0.15) is 63.6 Å². The number of carbonyl (C=O) groups is 2. The van der Waals surface area contributed by atoms with Gasteiger partial charge in [-0.3, -0.25) is 9.59 Å². The van der Waals surface area contributed by atoms with E-state index in [9.17, 15) is 19.8 Å². The van der Waals surface area contributed by atoms with Gasteiger partial charge in [0.2, 0.25) is 0 Å². The molecule has 192 valence electrons. The Morgan fingerprint density at radius 1 is 1.20 bits per heavy atom. The van der Waals surface area contributed by atoms with Crippen molar-refractivity contribution < 1.29 is 29.3 Å². The molecule has 2 N–H and O–H groups in total. The van der Waals surface area contributed by atoms with E-state index in [0.717, 1.165) is 20.8 Å². The van der Waals surface area contributed by atoms with Crippen molar-refractivity contribution >= 4 is 44.9 Å². The summed E-state index contributed by atoms with van der Waals surface area (Å²) in [7, 11) is 0. The number of halogens is 1. The predicted octanol–water partition coefficient (Wildman–Crippen LogP) is 4.85. The van der Waals surface area contributed by atoms with Crippen molar-refractivity contribution in [1.82, 2.24) is 4.98 Å². The summed E-state index contributed by atoms with van der Waals surface area (Å²) in [5.41, 5.74) is 0.320. The normalized spacial score (nSPS) is 31.1. The minimum Gasteiger partial charge on any atom is -0.457 e. The Kier molecular flexibility index (Phi) is 9.10. The van der Waals surface area contributed by atoms with Gasteiger partial charge in [0.1, 0.15) is 11.9 Å². The predicted molar refractivity (Wildman–Crippen MR) is 136 cm³/mol. The van der Waals surface area contributed by atoms with Crippen molar-refractivity contribution in [2.45, 2.75) is 78.3 Å². The Labute approximate surface area is 215 Å². The van der Waals surface area contributed by atoms with Gasteiger partial charge >= 0.3 is 5.97 Å². The summed E-state index contributed by atoms with van der Waals surface area (Å²) >= 11 is 7.99. The van der Waals surface area contributed by atoms with Crippen LogP contribution in [0.25, 0.3) is 10.2 Å². The fourth-order valence-electron chi connectivity index (χ4n) is 4.22.